The molecule has 3 aromatic carbocycles. The molecule has 6 rings (SSSR count). The first-order chi connectivity index (χ1) is 24.4. The van der Waals surface area contributed by atoms with Crippen LogP contribution in [0.1, 0.15) is 68.5 Å². The highest BCUT2D eigenvalue weighted by Gasteiger charge is 2.41. The lowest BCUT2D eigenvalue weighted by Gasteiger charge is -2.43. The van der Waals surface area contributed by atoms with Crippen molar-refractivity contribution in [3.8, 4) is 6.07 Å². The fourth-order valence-electron chi connectivity index (χ4n) is 6.64. The summed E-state index contributed by atoms with van der Waals surface area (Å²) < 4.78 is 0. The topological polar surface area (TPSA) is 138 Å². The molecule has 3 aliphatic rings. The van der Waals surface area contributed by atoms with Gasteiger partial charge in [0.15, 0.2) is 0 Å². The molecule has 3 aromatic rings. The van der Waals surface area contributed by atoms with E-state index in [1.807, 2.05) is 79.5 Å². The van der Waals surface area contributed by atoms with Crippen molar-refractivity contribution in [2.24, 2.45) is 0 Å². The lowest BCUT2D eigenvalue weighted by Crippen LogP contribution is -2.55. The predicted molar refractivity (Wildman–Crippen MR) is 206 cm³/mol. The van der Waals surface area contributed by atoms with Crippen LogP contribution in [-0.4, -0.2) is 95.7 Å². The largest absolute Gasteiger partial charge is 0.332 e. The van der Waals surface area contributed by atoms with Gasteiger partial charge >= 0.3 is 0 Å². The first-order valence-corrected chi connectivity index (χ1v) is 18.2. The smallest absolute Gasteiger partial charge is 0.260 e. The first kappa shape index (κ1) is 39.8. The highest BCUT2D eigenvalue weighted by atomic mass is 31.0. The van der Waals surface area contributed by atoms with Gasteiger partial charge in [-0.2, -0.15) is 5.26 Å². The number of fused-ring (bicyclic) bond motifs is 3. The van der Waals surface area contributed by atoms with E-state index in [-0.39, 0.29) is 29.2 Å². The Hall–Kier alpha value is -4.03. The molecule has 0 saturated carbocycles. The van der Waals surface area contributed by atoms with E-state index in [1.165, 1.54) is 10.5 Å². The molecule has 51 heavy (non-hydrogen) atoms. The van der Waals surface area contributed by atoms with E-state index in [0.29, 0.717) is 50.1 Å². The third-order valence-electron chi connectivity index (χ3n) is 9.39. The van der Waals surface area contributed by atoms with Crippen LogP contribution in [0.2, 0.25) is 0 Å². The highest BCUT2D eigenvalue weighted by molar-refractivity contribution is 7.13. The summed E-state index contributed by atoms with van der Waals surface area (Å²) in [6, 6.07) is 25.0. The molecule has 13 heteroatoms. The van der Waals surface area contributed by atoms with Gasteiger partial charge in [0.25, 0.3) is 17.7 Å². The molecule has 3 unspecified atom stereocenters. The SMILES string of the molecule is CC1(C#N)Cc2ccccc2C(=O)N1CCNP.CNCCN1C(=O)c2ccccc2CC1(C)C.O=C1Cc2ccccc2C(=O)N1CCNP. The molecule has 0 saturated heterocycles. The fraction of sp³-hybridized carbons (Fsp3) is 0.395. The molecule has 3 heterocycles. The number of nitrogens with one attached hydrogen (secondary N) is 3. The normalized spacial score (nSPS) is 18.7. The summed E-state index contributed by atoms with van der Waals surface area (Å²) in [6.07, 6.45) is 1.83. The van der Waals surface area contributed by atoms with Gasteiger partial charge in [-0.1, -0.05) is 73.4 Å². The summed E-state index contributed by atoms with van der Waals surface area (Å²) in [5.74, 6) is -0.204. The number of imide groups is 1. The molecule has 3 atom stereocenters. The molecule has 0 bridgehead atoms. The molecule has 270 valence electrons. The number of hydrogen-bond acceptors (Lipinski definition) is 8. The number of hydrogen-bond donors (Lipinski definition) is 3. The maximum atomic E-state index is 12.4. The van der Waals surface area contributed by atoms with Crippen molar-refractivity contribution in [2.45, 2.75) is 51.1 Å². The second-order valence-electron chi connectivity index (χ2n) is 13.5. The van der Waals surface area contributed by atoms with E-state index >= 15 is 0 Å². The van der Waals surface area contributed by atoms with Gasteiger partial charge in [0.1, 0.15) is 5.54 Å². The molecule has 3 N–H and O–H groups in total. The molecule has 0 spiro atoms. The van der Waals surface area contributed by atoms with E-state index in [2.05, 4.69) is 60.3 Å². The molecular formula is C38H49N7O4P2. The zero-order chi connectivity index (χ0) is 37.2. The number of likely N-dealkylation sites (N-methyl/N-ethyl adjacent to an activating group) is 1. The molecule has 4 amide bonds. The predicted octanol–water partition coefficient (Wildman–Crippen LogP) is 3.62. The Morgan fingerprint density at radius 2 is 1.14 bits per heavy atom. The summed E-state index contributed by atoms with van der Waals surface area (Å²) in [7, 11) is 6.67. The molecule has 11 nitrogen and oxygen atoms in total. The third kappa shape index (κ3) is 9.26. The van der Waals surface area contributed by atoms with Crippen molar-refractivity contribution in [3.63, 3.8) is 0 Å². The van der Waals surface area contributed by atoms with Gasteiger partial charge in [0.2, 0.25) is 5.91 Å². The number of carbonyl (C=O) groups excluding carboxylic acids is 4. The Bertz CT molecular complexity index is 1780. The molecule has 0 aromatic heterocycles. The van der Waals surface area contributed by atoms with Gasteiger partial charge in [-0.15, -0.1) is 0 Å². The highest BCUT2D eigenvalue weighted by Crippen LogP contribution is 2.31. The minimum absolute atomic E-state index is 0.0545. The van der Waals surface area contributed by atoms with Crippen LogP contribution in [0.25, 0.3) is 0 Å². The lowest BCUT2D eigenvalue weighted by atomic mass is 9.84. The van der Waals surface area contributed by atoms with Crippen molar-refractivity contribution < 1.29 is 19.2 Å². The van der Waals surface area contributed by atoms with E-state index in [9.17, 15) is 24.4 Å². The Kier molecular flexibility index (Phi) is 14.0. The average molecular weight is 730 g/mol. The Labute approximate surface area is 306 Å². The molecule has 3 aliphatic heterocycles. The maximum Gasteiger partial charge on any atom is 0.260 e. The van der Waals surface area contributed by atoms with Crippen LogP contribution < -0.4 is 15.5 Å². The Balaban J connectivity index is 0.000000172. The number of benzene rings is 3. The summed E-state index contributed by atoms with van der Waals surface area (Å²) in [5, 5.41) is 18.3. The van der Waals surface area contributed by atoms with Crippen molar-refractivity contribution in [2.75, 3.05) is 46.3 Å². The van der Waals surface area contributed by atoms with E-state index < -0.39 is 5.54 Å². The third-order valence-corrected chi connectivity index (χ3v) is 9.97. The number of rotatable bonds is 9. The fourth-order valence-corrected chi connectivity index (χ4v) is 6.90. The number of nitriles is 1. The van der Waals surface area contributed by atoms with E-state index in [0.717, 1.165) is 36.2 Å². The quantitative estimate of drug-likeness (QED) is 0.225. The van der Waals surface area contributed by atoms with Gasteiger partial charge in [-0.25, -0.2) is 0 Å². The van der Waals surface area contributed by atoms with Crippen LogP contribution in [0.5, 0.6) is 0 Å². The maximum absolute atomic E-state index is 12.4. The summed E-state index contributed by atoms with van der Waals surface area (Å²) >= 11 is 0. The average Bonchev–Trinajstić information content (AvgIpc) is 3.12. The summed E-state index contributed by atoms with van der Waals surface area (Å²) in [5.41, 5.74) is 4.33. The monoisotopic (exact) mass is 729 g/mol. The van der Waals surface area contributed by atoms with Crippen molar-refractivity contribution in [1.29, 1.82) is 5.26 Å². The molecular weight excluding hydrogens is 680 g/mol. The number of carbonyl (C=O) groups is 4. The van der Waals surface area contributed by atoms with E-state index in [4.69, 9.17) is 0 Å². The zero-order valence-corrected chi connectivity index (χ0v) is 32.2. The minimum Gasteiger partial charge on any atom is -0.332 e. The van der Waals surface area contributed by atoms with Crippen molar-refractivity contribution >= 4 is 42.4 Å². The first-order valence-electron chi connectivity index (χ1n) is 17.1. The Morgan fingerprint density at radius 3 is 1.69 bits per heavy atom. The van der Waals surface area contributed by atoms with Crippen LogP contribution >= 0.6 is 18.8 Å². The zero-order valence-electron chi connectivity index (χ0n) is 29.9. The second-order valence-corrected chi connectivity index (χ2v) is 14.3. The van der Waals surface area contributed by atoms with Gasteiger partial charge in [-0.05, 0) is 69.1 Å². The lowest BCUT2D eigenvalue weighted by molar-refractivity contribution is -0.128. The second kappa shape index (κ2) is 17.9. The summed E-state index contributed by atoms with van der Waals surface area (Å²) in [4.78, 5) is 53.6. The van der Waals surface area contributed by atoms with Gasteiger partial charge < -0.3 is 15.1 Å². The standard InChI is InChI=1S/C14H20N2O.C13H16N3OP.C11H13N2O2P/c1-14(2)10-11-6-4-5-7-12(11)13(17)16(14)9-8-15-3;1-13(9-14)8-10-4-2-3-5-11(10)12(17)16(13)7-6-15-18;14-10-7-8-3-1-2-4-9(8)11(15)13(10)6-5-12-16/h4-7,15H,8-10H2,1-3H3;2-5,15H,6-8,18H2,1H3;1-4,12H,5-7,16H2. The molecule has 0 aliphatic carbocycles. The van der Waals surface area contributed by atoms with Crippen LogP contribution in [0.4, 0.5) is 0 Å². The van der Waals surface area contributed by atoms with E-state index in [1.54, 1.807) is 11.0 Å². The van der Waals surface area contributed by atoms with Gasteiger partial charge in [0, 0.05) is 67.9 Å². The van der Waals surface area contributed by atoms with Crippen LogP contribution in [0.3, 0.4) is 0 Å². The number of amides is 4. The van der Waals surface area contributed by atoms with Crippen LogP contribution in [0.15, 0.2) is 72.8 Å². The van der Waals surface area contributed by atoms with Gasteiger partial charge in [-0.3, -0.25) is 34.3 Å². The van der Waals surface area contributed by atoms with Crippen molar-refractivity contribution in [3.05, 3.63) is 106 Å². The minimum atomic E-state index is -0.757. The van der Waals surface area contributed by atoms with Gasteiger partial charge in [0.05, 0.1) is 12.5 Å². The Morgan fingerprint density at radius 1 is 0.667 bits per heavy atom. The molecule has 0 fully saturated rings. The van der Waals surface area contributed by atoms with Crippen molar-refractivity contribution in [1.82, 2.24) is 30.2 Å². The summed E-state index contributed by atoms with van der Waals surface area (Å²) in [6.45, 7) is 9.86. The van der Waals surface area contributed by atoms with Crippen LogP contribution in [0, 0.1) is 11.3 Å². The van der Waals surface area contributed by atoms with Crippen LogP contribution in [-0.2, 0) is 24.1 Å². The number of nitrogens with zero attached hydrogens (tertiary/aromatic N) is 4. The molecule has 0 radical (unpaired) electrons.